The van der Waals surface area contributed by atoms with E-state index in [0.717, 1.165) is 0 Å². The molecule has 0 saturated carbocycles. The van der Waals surface area contributed by atoms with Crippen LogP contribution in [0.15, 0.2) is 0 Å². The van der Waals surface area contributed by atoms with Crippen molar-refractivity contribution >= 4 is 8.32 Å². The number of hydrogen-bond acceptors (Lipinski definition) is 3. The summed E-state index contributed by atoms with van der Waals surface area (Å²) in [5.41, 5.74) is 5.76. The van der Waals surface area contributed by atoms with Gasteiger partial charge in [0.15, 0.2) is 8.32 Å². The van der Waals surface area contributed by atoms with Crippen LogP contribution in [0.1, 0.15) is 7.43 Å². The Bertz CT molecular complexity index is 136. The van der Waals surface area contributed by atoms with Crippen LogP contribution in [0.3, 0.4) is 0 Å². The van der Waals surface area contributed by atoms with E-state index in [1.165, 1.54) is 0 Å². The minimum absolute atomic E-state index is 0. The van der Waals surface area contributed by atoms with Gasteiger partial charge >= 0.3 is 0 Å². The smallest absolute Gasteiger partial charge is 0.184 e. The third-order valence-corrected chi connectivity index (χ3v) is 2.58. The van der Waals surface area contributed by atoms with E-state index in [1.54, 1.807) is 0 Å². The zero-order chi connectivity index (χ0) is 8.48. The molecule has 0 bridgehead atoms. The van der Waals surface area contributed by atoms with E-state index in [0.29, 0.717) is 13.2 Å². The molecule has 74 valence electrons. The highest BCUT2D eigenvalue weighted by Gasteiger charge is 2.30. The Labute approximate surface area is 76.4 Å². The topological polar surface area (TPSA) is 44.5 Å². The predicted octanol–water partition coefficient (Wildman–Crippen LogP) is 1.20. The second kappa shape index (κ2) is 4.37. The Morgan fingerprint density at radius 3 is 2.25 bits per heavy atom. The summed E-state index contributed by atoms with van der Waals surface area (Å²) < 4.78 is 11.0. The summed E-state index contributed by atoms with van der Waals surface area (Å²) in [5.74, 6) is 0. The van der Waals surface area contributed by atoms with Crippen molar-refractivity contribution in [3.05, 3.63) is 0 Å². The van der Waals surface area contributed by atoms with Gasteiger partial charge in [0.25, 0.3) is 0 Å². The molecule has 0 aromatic carbocycles. The Morgan fingerprint density at radius 1 is 1.33 bits per heavy atom. The lowest BCUT2D eigenvalue weighted by atomic mass is 10.2. The molecular formula is C8H21NO2Si. The van der Waals surface area contributed by atoms with Gasteiger partial charge in [-0.25, -0.2) is 0 Å². The van der Waals surface area contributed by atoms with Crippen LogP contribution in [0.2, 0.25) is 19.6 Å². The van der Waals surface area contributed by atoms with Crippen LogP contribution < -0.4 is 5.73 Å². The van der Waals surface area contributed by atoms with Gasteiger partial charge in [-0.15, -0.1) is 0 Å². The lowest BCUT2D eigenvalue weighted by Gasteiger charge is -2.24. The Balaban J connectivity index is 0.00000121. The van der Waals surface area contributed by atoms with Crippen molar-refractivity contribution in [2.24, 2.45) is 5.73 Å². The number of rotatable bonds is 2. The van der Waals surface area contributed by atoms with Gasteiger partial charge in [-0.1, -0.05) is 7.43 Å². The summed E-state index contributed by atoms with van der Waals surface area (Å²) in [6, 6.07) is 0.0849. The maximum absolute atomic E-state index is 5.80. The molecule has 1 fully saturated rings. The Kier molecular flexibility index (Phi) is 4.40. The van der Waals surface area contributed by atoms with E-state index < -0.39 is 8.32 Å². The zero-order valence-corrected chi connectivity index (χ0v) is 8.46. The van der Waals surface area contributed by atoms with Crippen LogP contribution >= 0.6 is 0 Å². The van der Waals surface area contributed by atoms with E-state index >= 15 is 0 Å². The Hall–Kier alpha value is 0.0969. The van der Waals surface area contributed by atoms with Gasteiger partial charge in [0.1, 0.15) is 0 Å². The maximum atomic E-state index is 5.80. The van der Waals surface area contributed by atoms with Crippen molar-refractivity contribution in [3.63, 3.8) is 0 Å². The molecule has 0 unspecified atom stereocenters. The van der Waals surface area contributed by atoms with Crippen molar-refractivity contribution in [2.45, 2.75) is 39.2 Å². The average molecular weight is 191 g/mol. The van der Waals surface area contributed by atoms with Gasteiger partial charge in [0, 0.05) is 0 Å². The molecule has 1 aliphatic heterocycles. The fourth-order valence-electron chi connectivity index (χ4n) is 1.13. The van der Waals surface area contributed by atoms with E-state index in [-0.39, 0.29) is 19.6 Å². The van der Waals surface area contributed by atoms with Crippen molar-refractivity contribution in [3.8, 4) is 0 Å². The normalized spacial score (nSPS) is 30.0. The first-order chi connectivity index (χ1) is 4.99. The molecule has 12 heavy (non-hydrogen) atoms. The molecule has 1 rings (SSSR count). The molecule has 1 saturated heterocycles. The molecular weight excluding hydrogens is 170 g/mol. The third kappa shape index (κ3) is 3.67. The van der Waals surface area contributed by atoms with Gasteiger partial charge in [0.2, 0.25) is 0 Å². The van der Waals surface area contributed by atoms with E-state index in [4.69, 9.17) is 14.9 Å². The first kappa shape index (κ1) is 12.1. The number of hydrogen-bond donors (Lipinski definition) is 1. The fraction of sp³-hybridized carbons (Fsp3) is 1.00. The molecule has 0 spiro atoms. The largest absolute Gasteiger partial charge is 0.411 e. The first-order valence-electron chi connectivity index (χ1n) is 4.00. The molecule has 0 aromatic heterocycles. The summed E-state index contributed by atoms with van der Waals surface area (Å²) in [5, 5.41) is 0. The van der Waals surface area contributed by atoms with Crippen LogP contribution in [-0.4, -0.2) is 33.7 Å². The lowest BCUT2D eigenvalue weighted by Crippen LogP contribution is -2.42. The quantitative estimate of drug-likeness (QED) is 0.667. The Morgan fingerprint density at radius 2 is 1.92 bits per heavy atom. The summed E-state index contributed by atoms with van der Waals surface area (Å²) in [6.07, 6.45) is 0.140. The van der Waals surface area contributed by atoms with E-state index in [1.807, 2.05) is 0 Å². The van der Waals surface area contributed by atoms with Gasteiger partial charge < -0.3 is 14.9 Å². The number of nitrogens with two attached hydrogens (primary N) is 1. The summed E-state index contributed by atoms with van der Waals surface area (Å²) in [4.78, 5) is 0. The molecule has 1 heterocycles. The minimum atomic E-state index is -1.42. The van der Waals surface area contributed by atoms with Crippen molar-refractivity contribution in [1.29, 1.82) is 0 Å². The highest BCUT2D eigenvalue weighted by atomic mass is 28.4. The third-order valence-electron chi connectivity index (χ3n) is 1.57. The zero-order valence-electron chi connectivity index (χ0n) is 7.46. The molecule has 2 atom stereocenters. The highest BCUT2D eigenvalue weighted by molar-refractivity contribution is 6.69. The van der Waals surface area contributed by atoms with Gasteiger partial charge in [-0.2, -0.15) is 0 Å². The van der Waals surface area contributed by atoms with Crippen LogP contribution in [-0.2, 0) is 9.16 Å². The fourth-order valence-corrected chi connectivity index (χ4v) is 2.28. The van der Waals surface area contributed by atoms with Crippen LogP contribution in [0.25, 0.3) is 0 Å². The molecule has 0 aromatic rings. The molecule has 0 aliphatic carbocycles. The van der Waals surface area contributed by atoms with Crippen molar-refractivity contribution in [1.82, 2.24) is 0 Å². The van der Waals surface area contributed by atoms with Crippen LogP contribution in [0.5, 0.6) is 0 Å². The average Bonchev–Trinajstić information content (AvgIpc) is 2.12. The molecule has 0 amide bonds. The minimum Gasteiger partial charge on any atom is -0.411 e. The molecule has 3 nitrogen and oxygen atoms in total. The van der Waals surface area contributed by atoms with Crippen LogP contribution in [0.4, 0.5) is 0 Å². The highest BCUT2D eigenvalue weighted by Crippen LogP contribution is 2.14. The van der Waals surface area contributed by atoms with E-state index in [2.05, 4.69) is 19.6 Å². The van der Waals surface area contributed by atoms with Gasteiger partial charge in [-0.05, 0) is 19.6 Å². The standard InChI is InChI=1S/C7H17NO2Si.CH4/c1-11(2,3)10-7-5-9-4-6(7)8;/h6-7H,4-5,8H2,1-3H3;1H4/t6-,7-;/m1./s1. The van der Waals surface area contributed by atoms with E-state index in [9.17, 15) is 0 Å². The predicted molar refractivity (Wildman–Crippen MR) is 53.7 cm³/mol. The number of ether oxygens (including phenoxy) is 1. The second-order valence-corrected chi connectivity index (χ2v) is 8.43. The molecule has 0 radical (unpaired) electrons. The van der Waals surface area contributed by atoms with Crippen molar-refractivity contribution < 1.29 is 9.16 Å². The van der Waals surface area contributed by atoms with Crippen molar-refractivity contribution in [2.75, 3.05) is 13.2 Å². The second-order valence-electron chi connectivity index (χ2n) is 3.97. The van der Waals surface area contributed by atoms with Gasteiger partial charge in [0.05, 0.1) is 25.4 Å². The molecule has 2 N–H and O–H groups in total. The SMILES string of the molecule is C.C[Si](C)(C)O[C@@H]1COC[C@H]1N. The summed E-state index contributed by atoms with van der Waals surface area (Å²) >= 11 is 0. The molecule has 1 aliphatic rings. The first-order valence-corrected chi connectivity index (χ1v) is 7.41. The maximum Gasteiger partial charge on any atom is 0.184 e. The summed E-state index contributed by atoms with van der Waals surface area (Å²) in [7, 11) is -1.42. The molecule has 4 heteroatoms. The van der Waals surface area contributed by atoms with Crippen LogP contribution in [0, 0.1) is 0 Å². The van der Waals surface area contributed by atoms with Gasteiger partial charge in [-0.3, -0.25) is 0 Å². The monoisotopic (exact) mass is 191 g/mol. The lowest BCUT2D eigenvalue weighted by molar-refractivity contribution is 0.136. The summed E-state index contributed by atoms with van der Waals surface area (Å²) in [6.45, 7) is 7.81.